The van der Waals surface area contributed by atoms with Crippen molar-refractivity contribution in [1.29, 1.82) is 5.26 Å². The smallest absolute Gasteiger partial charge is 0.300 e. The zero-order chi connectivity index (χ0) is 13.1. The van der Waals surface area contributed by atoms with Crippen molar-refractivity contribution in [2.75, 3.05) is 0 Å². The van der Waals surface area contributed by atoms with Gasteiger partial charge in [-0.25, -0.2) is 4.79 Å². The highest BCUT2D eigenvalue weighted by atomic mass is 16.1. The van der Waals surface area contributed by atoms with Gasteiger partial charge in [-0.3, -0.25) is 9.13 Å². The van der Waals surface area contributed by atoms with Crippen molar-refractivity contribution in [3.63, 3.8) is 0 Å². The molecule has 92 valence electrons. The molecule has 18 heavy (non-hydrogen) atoms. The molecule has 0 saturated heterocycles. The maximum absolute atomic E-state index is 11.9. The second-order valence-corrected chi connectivity index (χ2v) is 4.25. The summed E-state index contributed by atoms with van der Waals surface area (Å²) >= 11 is 0. The molecule has 0 radical (unpaired) electrons. The number of nitriles is 1. The first-order chi connectivity index (χ1) is 8.65. The summed E-state index contributed by atoms with van der Waals surface area (Å²) in [6.07, 6.45) is 3.59. The molecule has 0 spiro atoms. The highest BCUT2D eigenvalue weighted by molar-refractivity contribution is 5.37. The monoisotopic (exact) mass is 241 g/mol. The third kappa shape index (κ3) is 2.21. The van der Waals surface area contributed by atoms with Crippen molar-refractivity contribution < 1.29 is 0 Å². The molecule has 0 aliphatic heterocycles. The van der Waals surface area contributed by atoms with Gasteiger partial charge in [0.05, 0.1) is 18.2 Å². The number of hydrogen-bond donors (Lipinski definition) is 0. The van der Waals surface area contributed by atoms with Gasteiger partial charge in [-0.15, -0.1) is 0 Å². The van der Waals surface area contributed by atoms with E-state index in [1.54, 1.807) is 27.6 Å². The SMILES string of the molecule is CCn1ccn(Cc2ccc(C#N)cc2C)c1=O. The van der Waals surface area contributed by atoms with E-state index in [9.17, 15) is 4.79 Å². The van der Waals surface area contributed by atoms with Crippen molar-refractivity contribution in [3.05, 3.63) is 57.8 Å². The lowest BCUT2D eigenvalue weighted by Gasteiger charge is -2.06. The number of aryl methyl sites for hydroxylation is 2. The van der Waals surface area contributed by atoms with Gasteiger partial charge < -0.3 is 0 Å². The summed E-state index contributed by atoms with van der Waals surface area (Å²) in [6.45, 7) is 5.12. The van der Waals surface area contributed by atoms with E-state index in [-0.39, 0.29) is 5.69 Å². The number of benzene rings is 1. The van der Waals surface area contributed by atoms with Gasteiger partial charge in [0.15, 0.2) is 0 Å². The summed E-state index contributed by atoms with van der Waals surface area (Å²) < 4.78 is 3.34. The molecule has 0 N–H and O–H groups in total. The van der Waals surface area contributed by atoms with Crippen LogP contribution in [0, 0.1) is 18.3 Å². The number of nitrogens with zero attached hydrogens (tertiary/aromatic N) is 3. The van der Waals surface area contributed by atoms with Crippen LogP contribution in [0.3, 0.4) is 0 Å². The molecule has 1 aromatic carbocycles. The van der Waals surface area contributed by atoms with Crippen molar-refractivity contribution in [2.45, 2.75) is 26.9 Å². The summed E-state index contributed by atoms with van der Waals surface area (Å²) in [4.78, 5) is 11.9. The molecule has 0 bridgehead atoms. The number of hydrogen-bond acceptors (Lipinski definition) is 2. The second-order valence-electron chi connectivity index (χ2n) is 4.25. The minimum absolute atomic E-state index is 0.00117. The van der Waals surface area contributed by atoms with Crippen molar-refractivity contribution in [1.82, 2.24) is 9.13 Å². The number of rotatable bonds is 3. The highest BCUT2D eigenvalue weighted by Gasteiger charge is 2.05. The van der Waals surface area contributed by atoms with E-state index in [2.05, 4.69) is 6.07 Å². The van der Waals surface area contributed by atoms with Gasteiger partial charge in [-0.05, 0) is 37.1 Å². The Kier molecular flexibility index (Phi) is 3.33. The van der Waals surface area contributed by atoms with Gasteiger partial charge in [-0.2, -0.15) is 5.26 Å². The molecule has 0 aliphatic carbocycles. The van der Waals surface area contributed by atoms with E-state index in [0.717, 1.165) is 11.1 Å². The Morgan fingerprint density at radius 3 is 2.56 bits per heavy atom. The molecule has 1 heterocycles. The van der Waals surface area contributed by atoms with Crippen LogP contribution in [0.1, 0.15) is 23.6 Å². The lowest BCUT2D eigenvalue weighted by molar-refractivity contribution is 0.667. The van der Waals surface area contributed by atoms with E-state index in [1.807, 2.05) is 26.0 Å². The predicted octanol–water partition coefficient (Wildman–Crippen LogP) is 1.90. The Morgan fingerprint density at radius 1 is 1.28 bits per heavy atom. The fourth-order valence-electron chi connectivity index (χ4n) is 1.94. The van der Waals surface area contributed by atoms with Crippen molar-refractivity contribution >= 4 is 0 Å². The fourth-order valence-corrected chi connectivity index (χ4v) is 1.94. The maximum atomic E-state index is 11.9. The molecule has 2 aromatic rings. The van der Waals surface area contributed by atoms with Crippen LogP contribution in [0.2, 0.25) is 0 Å². The van der Waals surface area contributed by atoms with Crippen molar-refractivity contribution in [2.24, 2.45) is 0 Å². The third-order valence-corrected chi connectivity index (χ3v) is 3.07. The molecular formula is C14H15N3O. The fraction of sp³-hybridized carbons (Fsp3) is 0.286. The van der Waals surface area contributed by atoms with E-state index in [4.69, 9.17) is 5.26 Å². The highest BCUT2D eigenvalue weighted by Crippen LogP contribution is 2.11. The molecule has 1 aromatic heterocycles. The summed E-state index contributed by atoms with van der Waals surface area (Å²) in [7, 11) is 0. The second kappa shape index (κ2) is 4.92. The van der Waals surface area contributed by atoms with E-state index in [1.165, 1.54) is 0 Å². The average Bonchev–Trinajstić information content (AvgIpc) is 2.73. The van der Waals surface area contributed by atoms with Crippen LogP contribution in [-0.4, -0.2) is 9.13 Å². The zero-order valence-electron chi connectivity index (χ0n) is 10.6. The topological polar surface area (TPSA) is 50.7 Å². The average molecular weight is 241 g/mol. The van der Waals surface area contributed by atoms with Crippen LogP contribution in [0.25, 0.3) is 0 Å². The third-order valence-electron chi connectivity index (χ3n) is 3.07. The Morgan fingerprint density at radius 2 is 2.00 bits per heavy atom. The first-order valence-electron chi connectivity index (χ1n) is 5.91. The molecular weight excluding hydrogens is 226 g/mol. The normalized spacial score (nSPS) is 10.3. The minimum atomic E-state index is 0.00117. The summed E-state index contributed by atoms with van der Waals surface area (Å²) in [5, 5.41) is 8.81. The van der Waals surface area contributed by atoms with Gasteiger partial charge in [0.2, 0.25) is 0 Å². The largest absolute Gasteiger partial charge is 0.328 e. The van der Waals surface area contributed by atoms with Crippen LogP contribution in [0.15, 0.2) is 35.4 Å². The van der Waals surface area contributed by atoms with Gasteiger partial charge in [0.1, 0.15) is 0 Å². The molecule has 0 aliphatic rings. The summed E-state index contributed by atoms with van der Waals surface area (Å²) in [5.41, 5.74) is 2.74. The van der Waals surface area contributed by atoms with Gasteiger partial charge >= 0.3 is 5.69 Å². The van der Waals surface area contributed by atoms with Crippen LogP contribution < -0.4 is 5.69 Å². The summed E-state index contributed by atoms with van der Waals surface area (Å²) in [6, 6.07) is 7.64. The Labute approximate surface area is 106 Å². The lowest BCUT2D eigenvalue weighted by atomic mass is 10.1. The number of imidazole rings is 1. The molecule has 0 atom stereocenters. The number of aromatic nitrogens is 2. The predicted molar refractivity (Wildman–Crippen MR) is 69.4 cm³/mol. The molecule has 0 unspecified atom stereocenters. The molecule has 4 nitrogen and oxygen atoms in total. The van der Waals surface area contributed by atoms with Crippen LogP contribution >= 0.6 is 0 Å². The van der Waals surface area contributed by atoms with Crippen LogP contribution in [0.4, 0.5) is 0 Å². The lowest BCUT2D eigenvalue weighted by Crippen LogP contribution is -2.24. The quantitative estimate of drug-likeness (QED) is 0.824. The van der Waals surface area contributed by atoms with E-state index < -0.39 is 0 Å². The standard InChI is InChI=1S/C14H15N3O/c1-3-16-6-7-17(14(16)18)10-13-5-4-12(9-15)8-11(13)2/h4-8H,3,10H2,1-2H3. The molecule has 2 rings (SSSR count). The Hall–Kier alpha value is -2.28. The molecule has 0 fully saturated rings. The first-order valence-corrected chi connectivity index (χ1v) is 5.91. The van der Waals surface area contributed by atoms with E-state index >= 15 is 0 Å². The van der Waals surface area contributed by atoms with Crippen LogP contribution in [-0.2, 0) is 13.1 Å². The van der Waals surface area contributed by atoms with Crippen LogP contribution in [0.5, 0.6) is 0 Å². The molecule has 4 heteroatoms. The van der Waals surface area contributed by atoms with Gasteiger partial charge in [0.25, 0.3) is 0 Å². The molecule has 0 amide bonds. The molecule has 0 saturated carbocycles. The Balaban J connectivity index is 2.32. The van der Waals surface area contributed by atoms with Gasteiger partial charge in [0, 0.05) is 18.9 Å². The zero-order valence-corrected chi connectivity index (χ0v) is 10.6. The maximum Gasteiger partial charge on any atom is 0.328 e. The minimum Gasteiger partial charge on any atom is -0.300 e. The summed E-state index contributed by atoms with van der Waals surface area (Å²) in [5.74, 6) is 0. The van der Waals surface area contributed by atoms with E-state index in [0.29, 0.717) is 18.7 Å². The first kappa shape index (κ1) is 12.2. The van der Waals surface area contributed by atoms with Crippen molar-refractivity contribution in [3.8, 4) is 6.07 Å². The van der Waals surface area contributed by atoms with Gasteiger partial charge in [-0.1, -0.05) is 6.07 Å². The Bertz CT molecular complexity index is 658.